The number of carbonyl (C=O) groups is 1. The van der Waals surface area contributed by atoms with Crippen LogP contribution in [0.15, 0.2) is 36.4 Å². The van der Waals surface area contributed by atoms with Gasteiger partial charge in [0.2, 0.25) is 5.91 Å². The number of fused-ring (bicyclic) bond motifs is 6. The Morgan fingerprint density at radius 2 is 1.65 bits per heavy atom. The van der Waals surface area contributed by atoms with Gasteiger partial charge in [-0.1, -0.05) is 49.4 Å². The first-order valence-electron chi connectivity index (χ1n) is 9.08. The summed E-state index contributed by atoms with van der Waals surface area (Å²) in [7, 11) is 0. The second-order valence-corrected chi connectivity index (χ2v) is 7.09. The monoisotopic (exact) mass is 310 g/mol. The Hall–Kier alpha value is -1.61. The summed E-state index contributed by atoms with van der Waals surface area (Å²) >= 11 is 0. The van der Waals surface area contributed by atoms with Crippen LogP contribution in [-0.4, -0.2) is 46.4 Å². The third kappa shape index (κ3) is 2.51. The van der Waals surface area contributed by atoms with Crippen LogP contribution in [0, 0.1) is 0 Å². The van der Waals surface area contributed by atoms with Crippen LogP contribution in [0.4, 0.5) is 0 Å². The number of hydrogen-bond acceptors (Lipinski definition) is 2. The summed E-state index contributed by atoms with van der Waals surface area (Å²) in [5.74, 6) is 0.369. The van der Waals surface area contributed by atoms with Gasteiger partial charge in [-0.2, -0.15) is 0 Å². The van der Waals surface area contributed by atoms with Crippen molar-refractivity contribution in [2.24, 2.45) is 0 Å². The summed E-state index contributed by atoms with van der Waals surface area (Å²) in [6, 6.07) is 12.6. The Kier molecular flexibility index (Phi) is 3.98. The molecule has 0 radical (unpaired) electrons. The Morgan fingerprint density at radius 3 is 2.26 bits per heavy atom. The summed E-state index contributed by atoms with van der Waals surface area (Å²) < 4.78 is 0. The molecule has 1 aromatic carbocycles. The van der Waals surface area contributed by atoms with Crippen molar-refractivity contribution in [1.29, 1.82) is 0 Å². The van der Waals surface area contributed by atoms with Crippen molar-refractivity contribution in [3.63, 3.8) is 0 Å². The average molecular weight is 310 g/mol. The quantitative estimate of drug-likeness (QED) is 0.852. The highest BCUT2D eigenvalue weighted by Crippen LogP contribution is 2.45. The molecule has 3 aliphatic rings. The van der Waals surface area contributed by atoms with Gasteiger partial charge in [0.25, 0.3) is 0 Å². The largest absolute Gasteiger partial charge is 0.334 e. The van der Waals surface area contributed by atoms with Gasteiger partial charge in [-0.3, -0.25) is 9.69 Å². The minimum atomic E-state index is 0.369. The lowest BCUT2D eigenvalue weighted by atomic mass is 10.0. The van der Waals surface area contributed by atoms with E-state index in [-0.39, 0.29) is 0 Å². The predicted molar refractivity (Wildman–Crippen MR) is 92.9 cm³/mol. The molecule has 0 aliphatic carbocycles. The first-order chi connectivity index (χ1) is 11.3. The van der Waals surface area contributed by atoms with Crippen LogP contribution < -0.4 is 0 Å². The highest BCUT2D eigenvalue weighted by molar-refractivity contribution is 5.77. The number of benzene rings is 1. The molecule has 4 bridgehead atoms. The first kappa shape index (κ1) is 14.9. The number of carbonyl (C=O) groups excluding carboxylic acids is 1. The van der Waals surface area contributed by atoms with Crippen molar-refractivity contribution in [3.05, 3.63) is 42.0 Å². The standard InChI is InChI=1S/C20H26N2O/c1-2-20(23)22-18-12-13-19(22)17-11-10-16(18)21(17)14-6-9-15-7-4-3-5-8-15/h3-9,16-19H,2,10-14H2,1H3/b9-6+. The van der Waals surface area contributed by atoms with Gasteiger partial charge in [-0.25, -0.2) is 0 Å². The fourth-order valence-corrected chi connectivity index (χ4v) is 5.07. The van der Waals surface area contributed by atoms with Gasteiger partial charge in [0.05, 0.1) is 0 Å². The summed E-state index contributed by atoms with van der Waals surface area (Å²) in [5, 5.41) is 0. The molecule has 3 saturated heterocycles. The highest BCUT2D eigenvalue weighted by Gasteiger charge is 2.55. The molecule has 0 spiro atoms. The third-order valence-electron chi connectivity index (χ3n) is 5.99. The summed E-state index contributed by atoms with van der Waals surface area (Å²) in [4.78, 5) is 17.3. The minimum absolute atomic E-state index is 0.369. The fourth-order valence-electron chi connectivity index (χ4n) is 5.07. The lowest BCUT2D eigenvalue weighted by Crippen LogP contribution is -2.61. The van der Waals surface area contributed by atoms with Crippen LogP contribution in [0.5, 0.6) is 0 Å². The molecule has 3 heterocycles. The number of rotatable bonds is 4. The molecule has 3 aliphatic heterocycles. The first-order valence-corrected chi connectivity index (χ1v) is 9.08. The van der Waals surface area contributed by atoms with Crippen LogP contribution in [0.2, 0.25) is 0 Å². The zero-order valence-electron chi connectivity index (χ0n) is 13.9. The third-order valence-corrected chi connectivity index (χ3v) is 5.99. The van der Waals surface area contributed by atoms with E-state index in [1.165, 1.54) is 31.2 Å². The maximum atomic E-state index is 12.3. The number of piperazine rings is 1. The molecule has 4 unspecified atom stereocenters. The van der Waals surface area contributed by atoms with E-state index >= 15 is 0 Å². The van der Waals surface area contributed by atoms with Gasteiger partial charge in [0.1, 0.15) is 0 Å². The van der Waals surface area contributed by atoms with Crippen molar-refractivity contribution < 1.29 is 4.79 Å². The van der Waals surface area contributed by atoms with Gasteiger partial charge in [-0.15, -0.1) is 0 Å². The van der Waals surface area contributed by atoms with E-state index in [4.69, 9.17) is 0 Å². The summed E-state index contributed by atoms with van der Waals surface area (Å²) in [6.07, 6.45) is 10.1. The topological polar surface area (TPSA) is 23.6 Å². The van der Waals surface area contributed by atoms with Gasteiger partial charge in [-0.05, 0) is 31.2 Å². The molecule has 4 rings (SSSR count). The lowest BCUT2D eigenvalue weighted by molar-refractivity contribution is -0.139. The molecule has 1 amide bonds. The van der Waals surface area contributed by atoms with E-state index < -0.39 is 0 Å². The molecule has 3 fully saturated rings. The SMILES string of the molecule is CCC(=O)N1C2CCC1C1CCC2N1C/C=C/c1ccccc1. The molecule has 0 aromatic heterocycles. The van der Waals surface area contributed by atoms with Gasteiger partial charge in [0, 0.05) is 37.1 Å². The van der Waals surface area contributed by atoms with Gasteiger partial charge >= 0.3 is 0 Å². The van der Waals surface area contributed by atoms with Crippen LogP contribution in [0.25, 0.3) is 6.08 Å². The molecule has 3 nitrogen and oxygen atoms in total. The smallest absolute Gasteiger partial charge is 0.222 e. The van der Waals surface area contributed by atoms with Crippen molar-refractivity contribution >= 4 is 12.0 Å². The van der Waals surface area contributed by atoms with Gasteiger partial charge in [0.15, 0.2) is 0 Å². The van der Waals surface area contributed by atoms with Crippen molar-refractivity contribution in [2.45, 2.75) is 63.2 Å². The van der Waals surface area contributed by atoms with Crippen LogP contribution in [-0.2, 0) is 4.79 Å². The van der Waals surface area contributed by atoms with E-state index in [1.807, 2.05) is 6.92 Å². The molecule has 122 valence electrons. The highest BCUT2D eigenvalue weighted by atomic mass is 16.2. The summed E-state index contributed by atoms with van der Waals surface area (Å²) in [6.45, 7) is 3.02. The summed E-state index contributed by atoms with van der Waals surface area (Å²) in [5.41, 5.74) is 1.27. The molecule has 1 aromatic rings. The Morgan fingerprint density at radius 1 is 1.04 bits per heavy atom. The van der Waals surface area contributed by atoms with E-state index in [1.54, 1.807) is 0 Å². The second kappa shape index (κ2) is 6.12. The van der Waals surface area contributed by atoms with E-state index in [2.05, 4.69) is 52.3 Å². The lowest BCUT2D eigenvalue weighted by Gasteiger charge is -2.46. The normalized spacial score (nSPS) is 32.8. The molecule has 23 heavy (non-hydrogen) atoms. The number of amides is 1. The molecule has 3 heteroatoms. The molecule has 4 atom stereocenters. The predicted octanol–water partition coefficient (Wildman–Crippen LogP) is 3.32. The van der Waals surface area contributed by atoms with Crippen molar-refractivity contribution in [3.8, 4) is 0 Å². The fraction of sp³-hybridized carbons (Fsp3) is 0.550. The molecular formula is C20H26N2O. The molecule has 0 saturated carbocycles. The Balaban J connectivity index is 1.48. The maximum Gasteiger partial charge on any atom is 0.222 e. The Bertz CT molecular complexity index is 577. The van der Waals surface area contributed by atoms with E-state index in [0.717, 1.165) is 6.54 Å². The van der Waals surface area contributed by atoms with Crippen LogP contribution >= 0.6 is 0 Å². The van der Waals surface area contributed by atoms with Crippen LogP contribution in [0.1, 0.15) is 44.6 Å². The zero-order valence-corrected chi connectivity index (χ0v) is 13.9. The van der Waals surface area contributed by atoms with E-state index in [0.29, 0.717) is 36.5 Å². The van der Waals surface area contributed by atoms with Crippen molar-refractivity contribution in [1.82, 2.24) is 9.80 Å². The second-order valence-electron chi connectivity index (χ2n) is 7.09. The Labute approximate surface area is 139 Å². The van der Waals surface area contributed by atoms with E-state index in [9.17, 15) is 4.79 Å². The maximum absolute atomic E-state index is 12.3. The zero-order chi connectivity index (χ0) is 15.8. The minimum Gasteiger partial charge on any atom is -0.334 e. The van der Waals surface area contributed by atoms with Crippen LogP contribution in [0.3, 0.4) is 0 Å². The van der Waals surface area contributed by atoms with Gasteiger partial charge < -0.3 is 4.90 Å². The van der Waals surface area contributed by atoms with Crippen molar-refractivity contribution in [2.75, 3.05) is 6.54 Å². The molecular weight excluding hydrogens is 284 g/mol. The molecule has 0 N–H and O–H groups in total. The number of nitrogens with zero attached hydrogens (tertiary/aromatic N) is 2. The number of hydrogen-bond donors (Lipinski definition) is 0. The average Bonchev–Trinajstić information content (AvgIpc) is 3.09.